The summed E-state index contributed by atoms with van der Waals surface area (Å²) in [5.74, 6) is 2.72. The van der Waals surface area contributed by atoms with Crippen LogP contribution in [0.15, 0.2) is 0 Å². The molecule has 0 aliphatic carbocycles. The molecule has 60 valence electrons. The number of terminal acetylenes is 1. The van der Waals surface area contributed by atoms with Crippen LogP contribution >= 0.6 is 0 Å². The van der Waals surface area contributed by atoms with E-state index in [-0.39, 0.29) is 0 Å². The largest absolute Gasteiger partial charge is 0.311 e. The second-order valence-corrected chi connectivity index (χ2v) is 3.47. The zero-order valence-electron chi connectivity index (χ0n) is 6.71. The van der Waals surface area contributed by atoms with Gasteiger partial charge in [-0.2, -0.15) is 0 Å². The van der Waals surface area contributed by atoms with Crippen LogP contribution in [0.5, 0.6) is 0 Å². The average Bonchev–Trinajstić information content (AvgIpc) is 2.07. The van der Waals surface area contributed by atoms with Gasteiger partial charge in [0.25, 0.3) is 0 Å². The normalized spacial score (nSPS) is 37.0. The van der Waals surface area contributed by atoms with Crippen molar-refractivity contribution in [2.45, 2.75) is 24.9 Å². The van der Waals surface area contributed by atoms with Crippen molar-refractivity contribution in [3.8, 4) is 12.3 Å². The molecule has 0 aromatic carbocycles. The van der Waals surface area contributed by atoms with Gasteiger partial charge >= 0.3 is 0 Å². The summed E-state index contributed by atoms with van der Waals surface area (Å²) in [4.78, 5) is 2.42. The number of nitrogens with zero attached hydrogens (tertiary/aromatic N) is 1. The molecule has 3 rings (SSSR count). The molecule has 1 N–H and O–H groups in total. The first-order chi connectivity index (χ1) is 5.40. The molecule has 0 spiro atoms. The summed E-state index contributed by atoms with van der Waals surface area (Å²) < 4.78 is 0. The maximum atomic E-state index is 5.28. The van der Waals surface area contributed by atoms with Gasteiger partial charge in [0.05, 0.1) is 6.54 Å². The minimum atomic E-state index is 0.716. The molecule has 3 saturated heterocycles. The Morgan fingerprint density at radius 2 is 2.45 bits per heavy atom. The third-order valence-corrected chi connectivity index (χ3v) is 2.76. The van der Waals surface area contributed by atoms with E-state index >= 15 is 0 Å². The quantitative estimate of drug-likeness (QED) is 0.532. The van der Waals surface area contributed by atoms with Crippen LogP contribution in [0.25, 0.3) is 0 Å². The molecule has 2 nitrogen and oxygen atoms in total. The molecule has 2 unspecified atom stereocenters. The zero-order valence-corrected chi connectivity index (χ0v) is 6.71. The lowest BCUT2D eigenvalue weighted by molar-refractivity contribution is 0.0887. The van der Waals surface area contributed by atoms with Gasteiger partial charge in [-0.3, -0.25) is 4.90 Å². The van der Waals surface area contributed by atoms with Crippen molar-refractivity contribution in [3.63, 3.8) is 0 Å². The van der Waals surface area contributed by atoms with Gasteiger partial charge in [0, 0.05) is 25.2 Å². The summed E-state index contributed by atoms with van der Waals surface area (Å²) >= 11 is 0. The van der Waals surface area contributed by atoms with Crippen molar-refractivity contribution in [3.05, 3.63) is 0 Å². The predicted octanol–water partition coefficient (Wildman–Crippen LogP) is 0.0558. The summed E-state index contributed by atoms with van der Waals surface area (Å²) in [5.41, 5.74) is 0. The molecule has 3 aliphatic heterocycles. The van der Waals surface area contributed by atoms with Crippen LogP contribution in [0, 0.1) is 12.3 Å². The lowest BCUT2D eigenvalue weighted by atomic mass is 9.93. The summed E-state index contributed by atoms with van der Waals surface area (Å²) in [7, 11) is 0. The molecule has 11 heavy (non-hydrogen) atoms. The number of hydrogen-bond donors (Lipinski definition) is 1. The Labute approximate surface area is 68.0 Å². The molecule has 2 atom stereocenters. The molecule has 0 aromatic rings. The Hall–Kier alpha value is -0.520. The zero-order chi connectivity index (χ0) is 7.68. The lowest BCUT2D eigenvalue weighted by Gasteiger charge is -2.45. The van der Waals surface area contributed by atoms with E-state index in [4.69, 9.17) is 6.42 Å². The molecule has 2 bridgehead atoms. The van der Waals surface area contributed by atoms with E-state index in [2.05, 4.69) is 16.1 Å². The summed E-state index contributed by atoms with van der Waals surface area (Å²) in [6.07, 6.45) is 7.95. The molecule has 3 aliphatic rings. The second kappa shape index (κ2) is 2.84. The third kappa shape index (κ3) is 1.26. The highest BCUT2D eigenvalue weighted by molar-refractivity contribution is 4.98. The van der Waals surface area contributed by atoms with Crippen LogP contribution in [0.3, 0.4) is 0 Å². The van der Waals surface area contributed by atoms with Crippen molar-refractivity contribution in [1.82, 2.24) is 10.2 Å². The standard InChI is InChI=1S/C9H14N2/c1-2-5-11-7-8-3-4-9(11)6-10-8/h1,8-10H,3-7H2. The van der Waals surface area contributed by atoms with Crippen LogP contribution in [-0.4, -0.2) is 36.6 Å². The SMILES string of the molecule is C#CCN1CC2CCC1CN2. The third-order valence-electron chi connectivity index (χ3n) is 2.76. The van der Waals surface area contributed by atoms with Gasteiger partial charge in [-0.1, -0.05) is 5.92 Å². The van der Waals surface area contributed by atoms with Crippen molar-refractivity contribution < 1.29 is 0 Å². The second-order valence-electron chi connectivity index (χ2n) is 3.47. The van der Waals surface area contributed by atoms with E-state index in [0.29, 0.717) is 6.04 Å². The maximum absolute atomic E-state index is 5.28. The van der Waals surface area contributed by atoms with E-state index in [9.17, 15) is 0 Å². The molecular formula is C9H14N2. The highest BCUT2D eigenvalue weighted by Crippen LogP contribution is 2.21. The Kier molecular flexibility index (Phi) is 1.85. The summed E-state index contributed by atoms with van der Waals surface area (Å²) in [5, 5.41) is 3.50. The Balaban J connectivity index is 1.98. The maximum Gasteiger partial charge on any atom is 0.0602 e. The molecule has 0 saturated carbocycles. The fourth-order valence-electron chi connectivity index (χ4n) is 2.11. The molecule has 3 fully saturated rings. The van der Waals surface area contributed by atoms with Gasteiger partial charge in [-0.05, 0) is 12.8 Å². The summed E-state index contributed by atoms with van der Waals surface area (Å²) in [6, 6.07) is 1.43. The van der Waals surface area contributed by atoms with Gasteiger partial charge < -0.3 is 5.32 Å². The minimum Gasteiger partial charge on any atom is -0.311 e. The highest BCUT2D eigenvalue weighted by Gasteiger charge is 2.32. The minimum absolute atomic E-state index is 0.716. The number of fused-ring (bicyclic) bond motifs is 3. The Morgan fingerprint density at radius 1 is 1.55 bits per heavy atom. The first-order valence-corrected chi connectivity index (χ1v) is 4.31. The van der Waals surface area contributed by atoms with E-state index in [1.165, 1.54) is 12.8 Å². The van der Waals surface area contributed by atoms with Gasteiger partial charge in [0.15, 0.2) is 0 Å². The number of hydrogen-bond acceptors (Lipinski definition) is 2. The van der Waals surface area contributed by atoms with E-state index in [0.717, 1.165) is 25.7 Å². The number of nitrogens with one attached hydrogen (secondary N) is 1. The van der Waals surface area contributed by atoms with Crippen LogP contribution < -0.4 is 5.32 Å². The van der Waals surface area contributed by atoms with E-state index < -0.39 is 0 Å². The molecule has 0 aromatic heterocycles. The number of piperidine rings is 2. The van der Waals surface area contributed by atoms with Crippen molar-refractivity contribution >= 4 is 0 Å². The van der Waals surface area contributed by atoms with Crippen molar-refractivity contribution in [2.24, 2.45) is 0 Å². The topological polar surface area (TPSA) is 15.3 Å². The van der Waals surface area contributed by atoms with Crippen molar-refractivity contribution in [1.29, 1.82) is 0 Å². The molecule has 3 heterocycles. The molecule has 0 amide bonds. The fraction of sp³-hybridized carbons (Fsp3) is 0.778. The number of piperazine rings is 1. The van der Waals surface area contributed by atoms with Gasteiger partial charge in [-0.15, -0.1) is 6.42 Å². The number of rotatable bonds is 1. The van der Waals surface area contributed by atoms with E-state index in [1.54, 1.807) is 0 Å². The molecule has 2 heteroatoms. The van der Waals surface area contributed by atoms with E-state index in [1.807, 2.05) is 0 Å². The van der Waals surface area contributed by atoms with Crippen LogP contribution in [0.4, 0.5) is 0 Å². The first-order valence-electron chi connectivity index (χ1n) is 4.31. The van der Waals surface area contributed by atoms with Crippen LogP contribution in [0.1, 0.15) is 12.8 Å². The van der Waals surface area contributed by atoms with Crippen LogP contribution in [-0.2, 0) is 0 Å². The van der Waals surface area contributed by atoms with Crippen LogP contribution in [0.2, 0.25) is 0 Å². The van der Waals surface area contributed by atoms with Gasteiger partial charge in [0.1, 0.15) is 0 Å². The molecule has 0 radical (unpaired) electrons. The average molecular weight is 150 g/mol. The smallest absolute Gasteiger partial charge is 0.0602 e. The highest BCUT2D eigenvalue weighted by atomic mass is 15.2. The predicted molar refractivity (Wildman–Crippen MR) is 45.2 cm³/mol. The first kappa shape index (κ1) is 7.15. The monoisotopic (exact) mass is 150 g/mol. The summed E-state index contributed by atoms with van der Waals surface area (Å²) in [6.45, 7) is 3.14. The lowest BCUT2D eigenvalue weighted by Crippen LogP contribution is -2.60. The van der Waals surface area contributed by atoms with Gasteiger partial charge in [-0.25, -0.2) is 0 Å². The fourth-order valence-corrected chi connectivity index (χ4v) is 2.11. The Bertz CT molecular complexity index is 174. The van der Waals surface area contributed by atoms with Gasteiger partial charge in [0.2, 0.25) is 0 Å². The molecular weight excluding hydrogens is 136 g/mol. The van der Waals surface area contributed by atoms with Crippen molar-refractivity contribution in [2.75, 3.05) is 19.6 Å². The Morgan fingerprint density at radius 3 is 2.91 bits per heavy atom.